The van der Waals surface area contributed by atoms with E-state index in [4.69, 9.17) is 5.73 Å². The quantitative estimate of drug-likeness (QED) is 0.866. The van der Waals surface area contributed by atoms with Crippen molar-refractivity contribution in [1.29, 1.82) is 0 Å². The molecule has 0 aliphatic rings. The highest BCUT2D eigenvalue weighted by atomic mass is 32.1. The van der Waals surface area contributed by atoms with Gasteiger partial charge in [-0.25, -0.2) is 4.39 Å². The van der Waals surface area contributed by atoms with Crippen molar-refractivity contribution < 1.29 is 4.39 Å². The maximum Gasteiger partial charge on any atom is 0.126 e. The molecule has 1 nitrogen and oxygen atoms in total. The molecular weight excluding hydrogens is 221 g/mol. The summed E-state index contributed by atoms with van der Waals surface area (Å²) in [5.74, 6) is -0.175. The molecule has 16 heavy (non-hydrogen) atoms. The highest BCUT2D eigenvalue weighted by Gasteiger charge is 2.11. The zero-order valence-corrected chi connectivity index (χ0v) is 9.93. The van der Waals surface area contributed by atoms with E-state index in [2.05, 4.69) is 0 Å². The van der Waals surface area contributed by atoms with Crippen LogP contribution in [-0.4, -0.2) is 0 Å². The second kappa shape index (κ2) is 4.76. The van der Waals surface area contributed by atoms with Crippen molar-refractivity contribution in [2.45, 2.75) is 19.4 Å². The molecule has 1 aromatic heterocycles. The minimum absolute atomic E-state index is 0.115. The molecule has 3 heteroatoms. The van der Waals surface area contributed by atoms with Gasteiger partial charge in [0.1, 0.15) is 5.82 Å². The van der Waals surface area contributed by atoms with E-state index in [1.807, 2.05) is 25.1 Å². The van der Waals surface area contributed by atoms with Gasteiger partial charge in [-0.15, -0.1) is 11.3 Å². The lowest BCUT2D eigenvalue weighted by Gasteiger charge is -2.10. The highest BCUT2D eigenvalue weighted by Crippen LogP contribution is 2.24. The Kier molecular flexibility index (Phi) is 3.36. The van der Waals surface area contributed by atoms with E-state index in [0.29, 0.717) is 12.0 Å². The summed E-state index contributed by atoms with van der Waals surface area (Å²) < 4.78 is 13.4. The van der Waals surface area contributed by atoms with Crippen LogP contribution in [0.25, 0.3) is 0 Å². The van der Waals surface area contributed by atoms with Crippen LogP contribution in [0.5, 0.6) is 0 Å². The highest BCUT2D eigenvalue weighted by molar-refractivity contribution is 7.12. The summed E-state index contributed by atoms with van der Waals surface area (Å²) in [5, 5.41) is 0. The fourth-order valence-corrected chi connectivity index (χ4v) is 2.53. The maximum absolute atomic E-state index is 13.4. The minimum Gasteiger partial charge on any atom is -0.323 e. The Morgan fingerprint density at radius 3 is 2.62 bits per heavy atom. The molecule has 2 aromatic rings. The maximum atomic E-state index is 13.4. The number of hydrogen-bond donors (Lipinski definition) is 1. The summed E-state index contributed by atoms with van der Waals surface area (Å²) in [5.41, 5.74) is 6.73. The topological polar surface area (TPSA) is 26.0 Å². The second-order valence-corrected chi connectivity index (χ2v) is 5.17. The van der Waals surface area contributed by atoms with Gasteiger partial charge in [-0.3, -0.25) is 0 Å². The Morgan fingerprint density at radius 2 is 2.00 bits per heavy atom. The number of aryl methyl sites for hydroxylation is 1. The molecule has 1 unspecified atom stereocenters. The predicted octanol–water partition coefficient (Wildman–Crippen LogP) is 3.44. The van der Waals surface area contributed by atoms with Gasteiger partial charge in [-0.05, 0) is 37.1 Å². The summed E-state index contributed by atoms with van der Waals surface area (Å²) in [6.45, 7) is 2.05. The molecule has 0 aliphatic carbocycles. The molecule has 1 atom stereocenters. The Labute approximate surface area is 98.7 Å². The largest absolute Gasteiger partial charge is 0.323 e. The summed E-state index contributed by atoms with van der Waals surface area (Å²) in [6.07, 6.45) is 0.548. The lowest BCUT2D eigenvalue weighted by atomic mass is 10.1. The van der Waals surface area contributed by atoms with Gasteiger partial charge < -0.3 is 5.73 Å². The fraction of sp³-hybridized carbons (Fsp3) is 0.231. The molecule has 0 bridgehead atoms. The van der Waals surface area contributed by atoms with Crippen molar-refractivity contribution >= 4 is 11.3 Å². The van der Waals surface area contributed by atoms with Crippen LogP contribution < -0.4 is 5.73 Å². The zero-order chi connectivity index (χ0) is 11.5. The van der Waals surface area contributed by atoms with Crippen molar-refractivity contribution in [3.8, 4) is 0 Å². The van der Waals surface area contributed by atoms with E-state index in [1.165, 1.54) is 10.9 Å². The van der Waals surface area contributed by atoms with E-state index in [-0.39, 0.29) is 11.9 Å². The molecule has 84 valence electrons. The first-order chi connectivity index (χ1) is 7.66. The van der Waals surface area contributed by atoms with Crippen molar-refractivity contribution in [2.24, 2.45) is 5.73 Å². The fourth-order valence-electron chi connectivity index (χ4n) is 1.65. The van der Waals surface area contributed by atoms with E-state index >= 15 is 0 Å². The van der Waals surface area contributed by atoms with E-state index < -0.39 is 0 Å². The molecule has 2 rings (SSSR count). The predicted molar refractivity (Wildman–Crippen MR) is 66.1 cm³/mol. The van der Waals surface area contributed by atoms with Crippen LogP contribution >= 0.6 is 11.3 Å². The molecule has 0 amide bonds. The van der Waals surface area contributed by atoms with E-state index in [9.17, 15) is 4.39 Å². The molecule has 0 saturated carbocycles. The first-order valence-corrected chi connectivity index (χ1v) is 6.04. The van der Waals surface area contributed by atoms with Crippen LogP contribution in [0.1, 0.15) is 21.4 Å². The van der Waals surface area contributed by atoms with Crippen molar-refractivity contribution in [3.05, 3.63) is 57.5 Å². The Morgan fingerprint density at radius 1 is 1.25 bits per heavy atom. The van der Waals surface area contributed by atoms with Crippen LogP contribution in [-0.2, 0) is 6.42 Å². The average Bonchev–Trinajstić information content (AvgIpc) is 2.68. The molecule has 0 saturated heterocycles. The summed E-state index contributed by atoms with van der Waals surface area (Å²) >= 11 is 1.67. The number of thiophene rings is 1. The third-order valence-corrected chi connectivity index (χ3v) is 3.66. The third-order valence-electron chi connectivity index (χ3n) is 2.52. The van der Waals surface area contributed by atoms with Gasteiger partial charge in [-0.2, -0.15) is 0 Å². The normalized spacial score (nSPS) is 12.7. The van der Waals surface area contributed by atoms with Gasteiger partial charge >= 0.3 is 0 Å². The van der Waals surface area contributed by atoms with Crippen LogP contribution in [0.2, 0.25) is 0 Å². The molecule has 2 N–H and O–H groups in total. The molecule has 0 fully saturated rings. The van der Waals surface area contributed by atoms with Crippen molar-refractivity contribution in [2.75, 3.05) is 0 Å². The minimum atomic E-state index is -0.175. The van der Waals surface area contributed by atoms with Gasteiger partial charge in [0.2, 0.25) is 0 Å². The van der Waals surface area contributed by atoms with Crippen LogP contribution in [0, 0.1) is 12.7 Å². The smallest absolute Gasteiger partial charge is 0.126 e. The first kappa shape index (κ1) is 11.3. The van der Waals surface area contributed by atoms with Crippen LogP contribution in [0.15, 0.2) is 36.4 Å². The monoisotopic (exact) mass is 235 g/mol. The Bertz CT molecular complexity index is 478. The summed E-state index contributed by atoms with van der Waals surface area (Å²) in [4.78, 5) is 2.35. The third kappa shape index (κ3) is 2.49. The average molecular weight is 235 g/mol. The van der Waals surface area contributed by atoms with Crippen LogP contribution in [0.3, 0.4) is 0 Å². The number of nitrogens with two attached hydrogens (primary N) is 1. The summed E-state index contributed by atoms with van der Waals surface area (Å²) in [7, 11) is 0. The zero-order valence-electron chi connectivity index (χ0n) is 9.11. The van der Waals surface area contributed by atoms with Crippen LogP contribution in [0.4, 0.5) is 4.39 Å². The molecule has 1 aromatic carbocycles. The van der Waals surface area contributed by atoms with Gasteiger partial charge in [0.05, 0.1) is 0 Å². The molecular formula is C13H14FNS. The standard InChI is InChI=1S/C13H14FNS/c1-9-6-7-13(16-9)12(15)8-10-4-2-3-5-11(10)14/h2-7,12H,8,15H2,1H3. The van der Waals surface area contributed by atoms with Gasteiger partial charge in [0, 0.05) is 15.8 Å². The Balaban J connectivity index is 2.13. The lowest BCUT2D eigenvalue weighted by molar-refractivity contribution is 0.595. The number of rotatable bonds is 3. The molecule has 0 radical (unpaired) electrons. The lowest BCUT2D eigenvalue weighted by Crippen LogP contribution is -2.12. The SMILES string of the molecule is Cc1ccc(C(N)Cc2ccccc2F)s1. The van der Waals surface area contributed by atoms with Crippen molar-refractivity contribution in [1.82, 2.24) is 0 Å². The molecule has 1 heterocycles. The Hall–Kier alpha value is -1.19. The number of hydrogen-bond acceptors (Lipinski definition) is 2. The van der Waals surface area contributed by atoms with Gasteiger partial charge in [0.25, 0.3) is 0 Å². The van der Waals surface area contributed by atoms with Gasteiger partial charge in [0.15, 0.2) is 0 Å². The number of halogens is 1. The summed E-state index contributed by atoms with van der Waals surface area (Å²) in [6, 6.07) is 10.7. The van der Waals surface area contributed by atoms with Gasteiger partial charge in [-0.1, -0.05) is 18.2 Å². The van der Waals surface area contributed by atoms with Crippen molar-refractivity contribution in [3.63, 3.8) is 0 Å². The van der Waals surface area contributed by atoms with E-state index in [1.54, 1.807) is 23.5 Å². The van der Waals surface area contributed by atoms with E-state index in [0.717, 1.165) is 4.88 Å². The molecule has 0 aliphatic heterocycles. The second-order valence-electron chi connectivity index (χ2n) is 3.85. The number of benzene rings is 1. The molecule has 0 spiro atoms. The first-order valence-electron chi connectivity index (χ1n) is 5.22.